The molecule has 3 rings (SSSR count). The third-order valence-electron chi connectivity index (χ3n) is 4.91. The second-order valence-corrected chi connectivity index (χ2v) is 10.8. The first kappa shape index (κ1) is 30.0. The Morgan fingerprint density at radius 2 is 0.737 bits per heavy atom. The average molecular weight is 693 g/mol. The van der Waals surface area contributed by atoms with Crippen molar-refractivity contribution in [3.05, 3.63) is 74.4 Å². The molecular weight excluding hydrogens is 683 g/mol. The third-order valence-corrected chi connectivity index (χ3v) is 7.79. The molecule has 0 aliphatic heterocycles. The van der Waals surface area contributed by atoms with Crippen LogP contribution in [0.2, 0.25) is 0 Å². The summed E-state index contributed by atoms with van der Waals surface area (Å²) in [5, 5.41) is 19.4. The largest absolute Gasteiger partial charge is 0.507 e. The van der Waals surface area contributed by atoms with Crippen LogP contribution in [0.5, 0.6) is 11.5 Å². The maximum atomic E-state index is 13.6. The van der Waals surface area contributed by atoms with E-state index in [-0.39, 0.29) is 29.2 Å². The van der Waals surface area contributed by atoms with E-state index in [0.717, 1.165) is 12.1 Å². The van der Waals surface area contributed by atoms with Gasteiger partial charge in [-0.3, -0.25) is 0 Å². The monoisotopic (exact) mass is 693 g/mol. The van der Waals surface area contributed by atoms with Gasteiger partial charge in [-0.25, -0.2) is 0 Å². The molecule has 206 valence electrons. The summed E-state index contributed by atoms with van der Waals surface area (Å²) < 4.78 is 163. The molecule has 2 N–H and O–H groups in total. The summed E-state index contributed by atoms with van der Waals surface area (Å²) >= 11 is 1.76. The van der Waals surface area contributed by atoms with E-state index < -0.39 is 79.1 Å². The fraction of sp³-hybridized carbons (Fsp3) is 0.182. The van der Waals surface area contributed by atoms with Crippen LogP contribution in [-0.2, 0) is 35.6 Å². The zero-order chi connectivity index (χ0) is 29.0. The summed E-state index contributed by atoms with van der Waals surface area (Å²) in [6.45, 7) is 0. The highest BCUT2D eigenvalue weighted by Crippen LogP contribution is 2.49. The van der Waals surface area contributed by atoms with Gasteiger partial charge in [-0.05, 0) is 46.9 Å². The van der Waals surface area contributed by atoms with Gasteiger partial charge in [0.25, 0.3) is 0 Å². The van der Waals surface area contributed by atoms with Crippen molar-refractivity contribution in [3.8, 4) is 11.5 Å². The Bertz CT molecular complexity index is 1190. The Balaban J connectivity index is 2.51. The van der Waals surface area contributed by atoms with Gasteiger partial charge >= 0.3 is 24.7 Å². The first-order chi connectivity index (χ1) is 17.1. The number of halogens is 13. The molecule has 0 fully saturated rings. The van der Waals surface area contributed by atoms with Gasteiger partial charge in [-0.2, -0.15) is 52.7 Å². The van der Waals surface area contributed by atoms with Crippen molar-refractivity contribution in [2.45, 2.75) is 39.4 Å². The van der Waals surface area contributed by atoms with Crippen molar-refractivity contribution in [1.82, 2.24) is 0 Å². The number of benzene rings is 3. The Labute approximate surface area is 221 Å². The lowest BCUT2D eigenvalue weighted by Gasteiger charge is -2.19. The Morgan fingerprint density at radius 3 is 0.974 bits per heavy atom. The van der Waals surface area contributed by atoms with E-state index in [1.54, 1.807) is 22.6 Å². The summed E-state index contributed by atoms with van der Waals surface area (Å²) in [6.07, 6.45) is -22.3. The normalized spacial score (nSPS) is 13.3. The lowest BCUT2D eigenvalue weighted by atomic mass is 10.1. The van der Waals surface area contributed by atoms with E-state index in [4.69, 9.17) is 0 Å². The first-order valence-electron chi connectivity index (χ1n) is 9.65. The predicted octanol–water partition coefficient (Wildman–Crippen LogP) is 8.87. The highest BCUT2D eigenvalue weighted by atomic mass is 127. The van der Waals surface area contributed by atoms with Gasteiger partial charge in [0.15, 0.2) is 14.7 Å². The molecule has 2 nitrogen and oxygen atoms in total. The lowest BCUT2D eigenvalue weighted by Crippen LogP contribution is -2.17. The van der Waals surface area contributed by atoms with Crippen LogP contribution in [0.25, 0.3) is 0 Å². The zero-order valence-corrected chi connectivity index (χ0v) is 20.8. The van der Waals surface area contributed by atoms with Crippen LogP contribution >= 0.6 is 22.6 Å². The summed E-state index contributed by atoms with van der Waals surface area (Å²) in [6, 6.07) is 4.87. The highest BCUT2D eigenvalue weighted by molar-refractivity contribution is 14.1. The molecular formula is C22H10F12IO2S+. The molecule has 3 aromatic carbocycles. The van der Waals surface area contributed by atoms with Gasteiger partial charge in [0.1, 0.15) is 33.8 Å². The molecule has 0 spiro atoms. The molecule has 0 bridgehead atoms. The number of phenolic OH excluding ortho intramolecular Hbond substituents is 2. The highest BCUT2D eigenvalue weighted by Gasteiger charge is 2.47. The lowest BCUT2D eigenvalue weighted by molar-refractivity contribution is -0.147. The predicted molar refractivity (Wildman–Crippen MR) is 118 cm³/mol. The fourth-order valence-corrected chi connectivity index (χ4v) is 5.82. The third kappa shape index (κ3) is 6.21. The van der Waals surface area contributed by atoms with E-state index in [2.05, 4.69) is 0 Å². The van der Waals surface area contributed by atoms with E-state index in [1.165, 1.54) is 12.1 Å². The van der Waals surface area contributed by atoms with Crippen LogP contribution in [0.3, 0.4) is 0 Å². The Morgan fingerprint density at radius 1 is 0.474 bits per heavy atom. The quantitative estimate of drug-likeness (QED) is 0.164. The number of phenols is 2. The maximum Gasteiger partial charge on any atom is 0.420 e. The smallest absolute Gasteiger partial charge is 0.420 e. The average Bonchev–Trinajstić information content (AvgIpc) is 2.73. The second kappa shape index (κ2) is 9.91. The standard InChI is InChI=1S/C22H9F12IO2S/c23-19(24,25)13-5-11(6-14(17(13)36)20(26,27)28)38(10-3-1-9(35)2-4-10)12-7-15(21(29,30)31)18(37)16(8-12)22(32,33)34/h1-8H,(H-,36,37)/p+1. The van der Waals surface area contributed by atoms with Crippen LogP contribution in [-0.4, -0.2) is 10.2 Å². The minimum Gasteiger partial charge on any atom is -0.507 e. The van der Waals surface area contributed by atoms with Crippen LogP contribution in [0.4, 0.5) is 52.7 Å². The molecule has 3 aromatic rings. The summed E-state index contributed by atoms with van der Waals surface area (Å²) in [4.78, 5) is -2.23. The van der Waals surface area contributed by atoms with Gasteiger partial charge in [0, 0.05) is 27.8 Å². The number of alkyl halides is 12. The minimum atomic E-state index is -5.58. The van der Waals surface area contributed by atoms with Crippen molar-refractivity contribution in [2.75, 3.05) is 0 Å². The summed E-state index contributed by atoms with van der Waals surface area (Å²) in [5.74, 6) is -4.42. The molecule has 0 saturated carbocycles. The van der Waals surface area contributed by atoms with Crippen molar-refractivity contribution in [1.29, 1.82) is 0 Å². The Hall–Kier alpha value is -2.50. The Kier molecular flexibility index (Phi) is 7.84. The molecule has 38 heavy (non-hydrogen) atoms. The topological polar surface area (TPSA) is 40.5 Å². The van der Waals surface area contributed by atoms with Gasteiger partial charge in [-0.15, -0.1) is 0 Å². The molecule has 0 aliphatic carbocycles. The van der Waals surface area contributed by atoms with Crippen molar-refractivity contribution in [2.24, 2.45) is 0 Å². The van der Waals surface area contributed by atoms with Crippen molar-refractivity contribution in [3.63, 3.8) is 0 Å². The molecule has 0 amide bonds. The molecule has 0 heterocycles. The van der Waals surface area contributed by atoms with Gasteiger partial charge < -0.3 is 10.2 Å². The van der Waals surface area contributed by atoms with E-state index >= 15 is 0 Å². The summed E-state index contributed by atoms with van der Waals surface area (Å²) in [7, 11) is -2.45. The summed E-state index contributed by atoms with van der Waals surface area (Å²) in [5.41, 5.74) is -8.79. The first-order valence-corrected chi connectivity index (χ1v) is 12.0. The van der Waals surface area contributed by atoms with Crippen molar-refractivity contribution < 1.29 is 62.9 Å². The van der Waals surface area contributed by atoms with E-state index in [0.29, 0.717) is 3.57 Å². The molecule has 0 radical (unpaired) electrons. The number of hydrogen-bond acceptors (Lipinski definition) is 2. The zero-order valence-electron chi connectivity index (χ0n) is 17.8. The molecule has 16 heteroatoms. The van der Waals surface area contributed by atoms with Gasteiger partial charge in [0.05, 0.1) is 10.9 Å². The van der Waals surface area contributed by atoms with E-state index in [1.807, 2.05) is 0 Å². The second-order valence-electron chi connectivity index (χ2n) is 7.49. The van der Waals surface area contributed by atoms with Crippen LogP contribution in [0.15, 0.2) is 63.2 Å². The molecule has 0 atom stereocenters. The molecule has 0 saturated heterocycles. The van der Waals surface area contributed by atoms with E-state index in [9.17, 15) is 62.9 Å². The number of aromatic hydroxyl groups is 2. The molecule has 0 unspecified atom stereocenters. The molecule has 0 aromatic heterocycles. The van der Waals surface area contributed by atoms with Crippen LogP contribution in [0.1, 0.15) is 22.3 Å². The SMILES string of the molecule is Oc1c(C(F)(F)F)cc([S+](c2ccc(I)cc2)c2cc(C(F)(F)F)c(O)c(C(F)(F)F)c2)cc1C(F)(F)F. The number of rotatable bonds is 3. The van der Waals surface area contributed by atoms with Crippen LogP contribution in [0, 0.1) is 3.57 Å². The fourth-order valence-electron chi connectivity index (χ4n) is 3.29. The minimum absolute atomic E-state index is 0.0268. The molecule has 0 aliphatic rings. The van der Waals surface area contributed by atoms with Gasteiger partial charge in [-0.1, -0.05) is 0 Å². The number of hydrogen-bond donors (Lipinski definition) is 2. The van der Waals surface area contributed by atoms with Gasteiger partial charge in [0.2, 0.25) is 0 Å². The van der Waals surface area contributed by atoms with Crippen molar-refractivity contribution >= 4 is 33.5 Å². The maximum absolute atomic E-state index is 13.6. The van der Waals surface area contributed by atoms with Crippen LogP contribution < -0.4 is 0 Å².